The summed E-state index contributed by atoms with van der Waals surface area (Å²) in [5, 5.41) is 3.12. The lowest BCUT2D eigenvalue weighted by Crippen LogP contribution is -2.38. The quantitative estimate of drug-likeness (QED) is 0.520. The summed E-state index contributed by atoms with van der Waals surface area (Å²) in [4.78, 5) is 23.3. The molecule has 1 heterocycles. The van der Waals surface area contributed by atoms with Crippen LogP contribution < -0.4 is 16.0 Å². The summed E-state index contributed by atoms with van der Waals surface area (Å²) in [6.45, 7) is 8.82. The lowest BCUT2D eigenvalue weighted by molar-refractivity contribution is 0.0577. The number of rotatable bonds is 7. The third-order valence-corrected chi connectivity index (χ3v) is 4.87. The van der Waals surface area contributed by atoms with Gasteiger partial charge in [-0.3, -0.25) is 9.88 Å². The van der Waals surface area contributed by atoms with Gasteiger partial charge < -0.3 is 15.8 Å². The molecule has 0 spiro atoms. The number of hydrogen-bond acceptors (Lipinski definition) is 4. The van der Waals surface area contributed by atoms with Crippen molar-refractivity contribution in [3.63, 3.8) is 0 Å². The molecule has 0 aliphatic heterocycles. The molecule has 0 unspecified atom stereocenters. The van der Waals surface area contributed by atoms with Crippen molar-refractivity contribution in [2.75, 3.05) is 11.4 Å². The van der Waals surface area contributed by atoms with Crippen molar-refractivity contribution >= 4 is 17.7 Å². The predicted molar refractivity (Wildman–Crippen MR) is 124 cm³/mol. The summed E-state index contributed by atoms with van der Waals surface area (Å²) in [5.74, 6) is 0.408. The zero-order valence-electron chi connectivity index (χ0n) is 18.9. The van der Waals surface area contributed by atoms with E-state index in [-0.39, 0.29) is 12.1 Å². The average molecular weight is 424 g/mol. The molecule has 0 atom stereocenters. The third-order valence-electron chi connectivity index (χ3n) is 4.87. The smallest absolute Gasteiger partial charge is 0.415 e. The minimum atomic E-state index is -0.520. The lowest BCUT2D eigenvalue weighted by Gasteiger charge is -2.28. The maximum Gasteiger partial charge on any atom is 0.415 e. The Balaban J connectivity index is 1.59. The predicted octanol–water partition coefficient (Wildman–Crippen LogP) is 3.94. The first-order valence-corrected chi connectivity index (χ1v) is 10.8. The minimum Gasteiger partial charge on any atom is -0.443 e. The summed E-state index contributed by atoms with van der Waals surface area (Å²) in [5.41, 5.74) is 9.44. The highest BCUT2D eigenvalue weighted by Gasteiger charge is 2.37. The molecule has 0 radical (unpaired) electrons. The van der Waals surface area contributed by atoms with Crippen LogP contribution in [0.1, 0.15) is 50.4 Å². The normalized spacial score (nSPS) is 14.3. The van der Waals surface area contributed by atoms with E-state index < -0.39 is 5.60 Å². The summed E-state index contributed by atoms with van der Waals surface area (Å²) in [6, 6.07) is 12.1. The van der Waals surface area contributed by atoms with E-state index in [1.165, 1.54) is 0 Å². The van der Waals surface area contributed by atoms with Gasteiger partial charge in [-0.1, -0.05) is 18.2 Å². The molecular weight excluding hydrogens is 390 g/mol. The van der Waals surface area contributed by atoms with E-state index in [9.17, 15) is 4.79 Å². The number of nitrogens with zero attached hydrogens (tertiary/aromatic N) is 3. The first kappa shape index (κ1) is 22.6. The Morgan fingerprint density at radius 1 is 1.29 bits per heavy atom. The van der Waals surface area contributed by atoms with E-state index in [0.29, 0.717) is 19.0 Å². The Morgan fingerprint density at radius 3 is 2.68 bits per heavy atom. The standard InChI is InChI=1S/C24H33N5O2/c1-17-15-18(16-28-22(25)27-14-12-19-7-5-6-13-26-19)8-11-21(17)29(20-9-10-20)23(30)31-24(2,3)4/h5-8,11,13,15,20H,9-10,12,14,16H2,1-4H3,(H3,25,27,28). The molecule has 166 valence electrons. The highest BCUT2D eigenvalue weighted by Crippen LogP contribution is 2.35. The number of benzene rings is 1. The van der Waals surface area contributed by atoms with Crippen LogP contribution in [0.3, 0.4) is 0 Å². The molecule has 3 rings (SSSR count). The second-order valence-electron chi connectivity index (χ2n) is 8.90. The van der Waals surface area contributed by atoms with Gasteiger partial charge in [-0.25, -0.2) is 9.79 Å². The van der Waals surface area contributed by atoms with Gasteiger partial charge in [0.25, 0.3) is 0 Å². The minimum absolute atomic E-state index is 0.219. The van der Waals surface area contributed by atoms with Crippen LogP contribution in [0.2, 0.25) is 0 Å². The molecule has 1 aromatic heterocycles. The van der Waals surface area contributed by atoms with Gasteiger partial charge in [0.05, 0.1) is 12.2 Å². The van der Waals surface area contributed by atoms with Crippen molar-refractivity contribution in [2.45, 2.75) is 65.1 Å². The van der Waals surface area contributed by atoms with Gasteiger partial charge in [-0.15, -0.1) is 0 Å². The number of carbonyl (C=O) groups excluding carboxylic acids is 1. The van der Waals surface area contributed by atoms with Crippen molar-refractivity contribution in [2.24, 2.45) is 10.7 Å². The molecular formula is C24H33N5O2. The molecule has 1 amide bonds. The van der Waals surface area contributed by atoms with Gasteiger partial charge in [0.1, 0.15) is 5.60 Å². The molecule has 1 aliphatic rings. The fourth-order valence-corrected chi connectivity index (χ4v) is 3.27. The zero-order valence-corrected chi connectivity index (χ0v) is 18.9. The number of anilines is 1. The number of ether oxygens (including phenoxy) is 1. The van der Waals surface area contributed by atoms with E-state index in [0.717, 1.165) is 41.8 Å². The fraction of sp³-hybridized carbons (Fsp3) is 0.458. The molecule has 1 saturated carbocycles. The summed E-state index contributed by atoms with van der Waals surface area (Å²) >= 11 is 0. The monoisotopic (exact) mass is 423 g/mol. The maximum absolute atomic E-state index is 12.7. The Hall–Kier alpha value is -3.09. The van der Waals surface area contributed by atoms with Crippen LogP contribution in [0.5, 0.6) is 0 Å². The van der Waals surface area contributed by atoms with Crippen LogP contribution in [0.4, 0.5) is 10.5 Å². The van der Waals surface area contributed by atoms with Crippen LogP contribution in [-0.4, -0.2) is 35.2 Å². The number of nitrogens with two attached hydrogens (primary N) is 1. The summed E-state index contributed by atoms with van der Waals surface area (Å²) in [7, 11) is 0. The number of pyridine rings is 1. The molecule has 7 nitrogen and oxygen atoms in total. The number of guanidine groups is 1. The molecule has 1 fully saturated rings. The van der Waals surface area contributed by atoms with Crippen molar-refractivity contribution in [3.05, 3.63) is 59.4 Å². The van der Waals surface area contributed by atoms with Crippen molar-refractivity contribution < 1.29 is 9.53 Å². The summed E-state index contributed by atoms with van der Waals surface area (Å²) < 4.78 is 5.63. The first-order valence-electron chi connectivity index (χ1n) is 10.8. The highest BCUT2D eigenvalue weighted by molar-refractivity contribution is 5.90. The lowest BCUT2D eigenvalue weighted by atomic mass is 10.1. The number of amides is 1. The van der Waals surface area contributed by atoms with E-state index in [2.05, 4.69) is 21.4 Å². The van der Waals surface area contributed by atoms with Crippen LogP contribution in [0, 0.1) is 6.92 Å². The van der Waals surface area contributed by atoms with Crippen LogP contribution >= 0.6 is 0 Å². The number of aliphatic imine (C=N–C) groups is 1. The molecule has 0 saturated heterocycles. The molecule has 1 aromatic carbocycles. The maximum atomic E-state index is 12.7. The number of aromatic nitrogens is 1. The molecule has 31 heavy (non-hydrogen) atoms. The van der Waals surface area contributed by atoms with Crippen molar-refractivity contribution in [1.29, 1.82) is 0 Å². The first-order chi connectivity index (χ1) is 14.7. The molecule has 3 N–H and O–H groups in total. The SMILES string of the molecule is Cc1cc(CN=C(N)NCCc2ccccn2)ccc1N(C(=O)OC(C)(C)C)C1CC1. The van der Waals surface area contributed by atoms with Gasteiger partial charge in [0.15, 0.2) is 5.96 Å². The Labute approximate surface area is 184 Å². The number of nitrogens with one attached hydrogen (secondary N) is 1. The molecule has 2 aromatic rings. The second kappa shape index (κ2) is 9.81. The second-order valence-corrected chi connectivity index (χ2v) is 8.90. The van der Waals surface area contributed by atoms with Crippen LogP contribution in [-0.2, 0) is 17.7 Å². The number of carbonyl (C=O) groups is 1. The molecule has 1 aliphatic carbocycles. The van der Waals surface area contributed by atoms with Gasteiger partial charge in [-0.2, -0.15) is 0 Å². The van der Waals surface area contributed by atoms with Crippen molar-refractivity contribution in [3.8, 4) is 0 Å². The van der Waals surface area contributed by atoms with Gasteiger partial charge in [0.2, 0.25) is 0 Å². The van der Waals surface area contributed by atoms with Crippen LogP contribution in [0.25, 0.3) is 0 Å². The van der Waals surface area contributed by atoms with E-state index >= 15 is 0 Å². The topological polar surface area (TPSA) is 92.8 Å². The largest absolute Gasteiger partial charge is 0.443 e. The molecule has 0 bridgehead atoms. The summed E-state index contributed by atoms with van der Waals surface area (Å²) in [6.07, 6.45) is 4.29. The molecule has 7 heteroatoms. The number of hydrogen-bond donors (Lipinski definition) is 2. The zero-order chi connectivity index (χ0) is 22.4. The Bertz CT molecular complexity index is 917. The van der Waals surface area contributed by atoms with Crippen molar-refractivity contribution in [1.82, 2.24) is 10.3 Å². The van der Waals surface area contributed by atoms with E-state index in [4.69, 9.17) is 10.5 Å². The Morgan fingerprint density at radius 2 is 2.06 bits per heavy atom. The van der Waals surface area contributed by atoms with E-state index in [1.807, 2.05) is 58.0 Å². The van der Waals surface area contributed by atoms with Gasteiger partial charge in [-0.05, 0) is 69.9 Å². The van der Waals surface area contributed by atoms with Gasteiger partial charge in [0, 0.05) is 30.9 Å². The average Bonchev–Trinajstić information content (AvgIpc) is 3.52. The third kappa shape index (κ3) is 6.98. The fourth-order valence-electron chi connectivity index (χ4n) is 3.27. The highest BCUT2D eigenvalue weighted by atomic mass is 16.6. The van der Waals surface area contributed by atoms with E-state index in [1.54, 1.807) is 11.1 Å². The van der Waals surface area contributed by atoms with Gasteiger partial charge >= 0.3 is 6.09 Å². The van der Waals surface area contributed by atoms with Crippen LogP contribution in [0.15, 0.2) is 47.6 Å². The Kier molecular flexibility index (Phi) is 7.15. The number of aryl methyl sites for hydroxylation is 1.